The molecule has 0 saturated carbocycles. The number of furan rings is 1. The predicted octanol–water partition coefficient (Wildman–Crippen LogP) is 14.5. The zero-order valence-corrected chi connectivity index (χ0v) is 28.9. The summed E-state index contributed by atoms with van der Waals surface area (Å²) in [4.78, 5) is 4.67. The molecule has 0 N–H and O–H groups in total. The van der Waals surface area contributed by atoms with Gasteiger partial charge >= 0.3 is 0 Å². The van der Waals surface area contributed by atoms with E-state index in [2.05, 4.69) is 204 Å². The summed E-state index contributed by atoms with van der Waals surface area (Å²) in [6, 6.07) is 73.4. The first-order valence-corrected chi connectivity index (χ1v) is 18.0. The van der Waals surface area contributed by atoms with Gasteiger partial charge in [0.15, 0.2) is 0 Å². The van der Waals surface area contributed by atoms with Crippen molar-refractivity contribution in [1.29, 1.82) is 0 Å². The van der Waals surface area contributed by atoms with Crippen molar-refractivity contribution in [2.24, 2.45) is 0 Å². The van der Waals surface area contributed by atoms with Crippen molar-refractivity contribution in [3.63, 3.8) is 0 Å². The lowest BCUT2D eigenvalue weighted by Gasteiger charge is -2.29. The molecule has 53 heavy (non-hydrogen) atoms. The van der Waals surface area contributed by atoms with E-state index in [-0.39, 0.29) is 0 Å². The third-order valence-electron chi connectivity index (χ3n) is 10.2. The molecule has 0 amide bonds. The zero-order chi connectivity index (χ0) is 35.1. The lowest BCUT2D eigenvalue weighted by atomic mass is 9.99. The highest BCUT2D eigenvalue weighted by molar-refractivity contribution is 6.16. The Morgan fingerprint density at radius 3 is 1.47 bits per heavy atom. The van der Waals surface area contributed by atoms with Gasteiger partial charge in [-0.05, 0) is 118 Å². The fourth-order valence-corrected chi connectivity index (χ4v) is 7.66. The second-order valence-corrected chi connectivity index (χ2v) is 13.4. The van der Waals surface area contributed by atoms with Gasteiger partial charge in [0.2, 0.25) is 0 Å². The highest BCUT2D eigenvalue weighted by Crippen LogP contribution is 2.42. The third-order valence-corrected chi connectivity index (χ3v) is 10.2. The second-order valence-electron chi connectivity index (χ2n) is 13.4. The molecule has 0 aliphatic heterocycles. The van der Waals surface area contributed by atoms with E-state index in [0.29, 0.717) is 0 Å². The molecule has 10 aromatic rings. The van der Waals surface area contributed by atoms with Crippen LogP contribution in [0.4, 0.5) is 34.1 Å². The van der Waals surface area contributed by atoms with Gasteiger partial charge < -0.3 is 14.2 Å². The Balaban J connectivity index is 1.13. The second kappa shape index (κ2) is 12.9. The average molecular weight is 679 g/mol. The molecule has 0 atom stereocenters. The Kier molecular flexibility index (Phi) is 7.47. The molecule has 0 aliphatic carbocycles. The lowest BCUT2D eigenvalue weighted by molar-refractivity contribution is 0.669. The van der Waals surface area contributed by atoms with Crippen LogP contribution in [0.25, 0.3) is 54.6 Å². The van der Waals surface area contributed by atoms with E-state index in [1.54, 1.807) is 0 Å². The monoisotopic (exact) mass is 678 g/mol. The zero-order valence-electron chi connectivity index (χ0n) is 28.9. The minimum atomic E-state index is 0.911. The van der Waals surface area contributed by atoms with Crippen molar-refractivity contribution in [2.45, 2.75) is 0 Å². The topological polar surface area (TPSA) is 19.6 Å². The molecule has 0 bridgehead atoms. The largest absolute Gasteiger partial charge is 0.456 e. The van der Waals surface area contributed by atoms with E-state index in [9.17, 15) is 0 Å². The Labute approximate surface area is 308 Å². The number of rotatable bonds is 7. The number of anilines is 6. The molecule has 0 fully saturated rings. The van der Waals surface area contributed by atoms with Crippen LogP contribution in [0.2, 0.25) is 0 Å². The highest BCUT2D eigenvalue weighted by Gasteiger charge is 2.18. The molecule has 1 heterocycles. The maximum atomic E-state index is 6.31. The van der Waals surface area contributed by atoms with Gasteiger partial charge in [0.1, 0.15) is 11.2 Å². The van der Waals surface area contributed by atoms with Crippen LogP contribution in [0.5, 0.6) is 0 Å². The summed E-state index contributed by atoms with van der Waals surface area (Å²) in [7, 11) is 0. The number of benzene rings is 9. The maximum Gasteiger partial charge on any atom is 0.136 e. The van der Waals surface area contributed by atoms with E-state index in [0.717, 1.165) is 56.1 Å². The van der Waals surface area contributed by atoms with E-state index >= 15 is 0 Å². The quantitative estimate of drug-likeness (QED) is 0.156. The van der Waals surface area contributed by atoms with Gasteiger partial charge in [0, 0.05) is 44.9 Å². The number of para-hydroxylation sites is 3. The van der Waals surface area contributed by atoms with Gasteiger partial charge in [-0.3, -0.25) is 0 Å². The van der Waals surface area contributed by atoms with Gasteiger partial charge in [-0.2, -0.15) is 0 Å². The summed E-state index contributed by atoms with van der Waals surface area (Å²) in [6.45, 7) is 0. The smallest absolute Gasteiger partial charge is 0.136 e. The molecule has 1 aromatic heterocycles. The summed E-state index contributed by atoms with van der Waals surface area (Å²) >= 11 is 0. The average Bonchev–Trinajstić information content (AvgIpc) is 3.59. The molecule has 9 aromatic carbocycles. The van der Waals surface area contributed by atoms with Crippen LogP contribution in [-0.2, 0) is 0 Å². The van der Waals surface area contributed by atoms with Crippen LogP contribution < -0.4 is 9.80 Å². The number of hydrogen-bond donors (Lipinski definition) is 0. The number of hydrogen-bond acceptors (Lipinski definition) is 3. The maximum absolute atomic E-state index is 6.31. The molecule has 0 saturated heterocycles. The van der Waals surface area contributed by atoms with E-state index < -0.39 is 0 Å². The molecule has 0 spiro atoms. The molecular formula is C50H34N2O. The van der Waals surface area contributed by atoms with Crippen molar-refractivity contribution in [2.75, 3.05) is 9.80 Å². The van der Waals surface area contributed by atoms with Crippen LogP contribution in [0.3, 0.4) is 0 Å². The summed E-state index contributed by atoms with van der Waals surface area (Å²) < 4.78 is 6.31. The van der Waals surface area contributed by atoms with Crippen LogP contribution in [0, 0.1) is 0 Å². The first-order chi connectivity index (χ1) is 26.3. The van der Waals surface area contributed by atoms with E-state index in [1.807, 2.05) is 12.1 Å². The van der Waals surface area contributed by atoms with E-state index in [4.69, 9.17) is 4.42 Å². The van der Waals surface area contributed by atoms with Crippen LogP contribution in [0.15, 0.2) is 211 Å². The van der Waals surface area contributed by atoms with Crippen molar-refractivity contribution < 1.29 is 4.42 Å². The van der Waals surface area contributed by atoms with Crippen LogP contribution >= 0.6 is 0 Å². The van der Waals surface area contributed by atoms with E-state index in [1.165, 1.54) is 32.7 Å². The predicted molar refractivity (Wildman–Crippen MR) is 224 cm³/mol. The Bertz CT molecular complexity index is 2840. The van der Waals surface area contributed by atoms with Gasteiger partial charge in [-0.25, -0.2) is 0 Å². The number of nitrogens with zero attached hydrogens (tertiary/aromatic N) is 2. The Morgan fingerprint density at radius 2 is 0.774 bits per heavy atom. The Hall–Kier alpha value is -7.10. The fraction of sp³-hybridized carbons (Fsp3) is 0. The molecule has 3 nitrogen and oxygen atoms in total. The number of fused-ring (bicyclic) bond motifs is 6. The van der Waals surface area contributed by atoms with Crippen molar-refractivity contribution in [3.05, 3.63) is 206 Å². The Morgan fingerprint density at radius 1 is 0.264 bits per heavy atom. The van der Waals surface area contributed by atoms with Gasteiger partial charge in [0.05, 0.1) is 0 Å². The first kappa shape index (κ1) is 30.7. The van der Waals surface area contributed by atoms with Crippen molar-refractivity contribution in [3.8, 4) is 11.1 Å². The standard InChI is InChI=1S/C50H34N2O/c1-4-13-35(14-5-1)36-25-27-41(28-26-36)52(43-20-12-19-42(33-43)51(39-15-6-2-7-16-39)40-17-8-3-9-18-40)44-29-30-45-37(31-44)23-24-38-32-48-46-21-10-11-22-49(46)53-50(48)34-47(38)45/h1-34H. The van der Waals surface area contributed by atoms with Gasteiger partial charge in [0.25, 0.3) is 0 Å². The minimum Gasteiger partial charge on any atom is -0.456 e. The molecule has 0 radical (unpaired) electrons. The normalized spacial score (nSPS) is 11.4. The summed E-state index contributed by atoms with van der Waals surface area (Å²) in [5.41, 5.74) is 10.7. The molecule has 0 unspecified atom stereocenters. The minimum absolute atomic E-state index is 0.911. The van der Waals surface area contributed by atoms with Gasteiger partial charge in [-0.15, -0.1) is 0 Å². The summed E-state index contributed by atoms with van der Waals surface area (Å²) in [5, 5.41) is 7.04. The van der Waals surface area contributed by atoms with Crippen molar-refractivity contribution >= 4 is 77.6 Å². The van der Waals surface area contributed by atoms with Gasteiger partial charge in [-0.1, -0.05) is 121 Å². The SMILES string of the molecule is c1ccc(-c2ccc(N(c3cccc(N(c4ccccc4)c4ccccc4)c3)c3ccc4c(ccc5cc6c(cc54)oc4ccccc46)c3)cc2)cc1. The van der Waals surface area contributed by atoms with Crippen LogP contribution in [0.1, 0.15) is 0 Å². The lowest BCUT2D eigenvalue weighted by Crippen LogP contribution is -2.13. The first-order valence-electron chi connectivity index (χ1n) is 18.0. The summed E-state index contributed by atoms with van der Waals surface area (Å²) in [5.74, 6) is 0. The molecule has 250 valence electrons. The molecule has 0 aliphatic rings. The third kappa shape index (κ3) is 5.56. The molecule has 3 heteroatoms. The molecule has 10 rings (SSSR count). The molecular weight excluding hydrogens is 645 g/mol. The van der Waals surface area contributed by atoms with Crippen LogP contribution in [-0.4, -0.2) is 0 Å². The highest BCUT2D eigenvalue weighted by atomic mass is 16.3. The van der Waals surface area contributed by atoms with Crippen molar-refractivity contribution in [1.82, 2.24) is 0 Å². The fourth-order valence-electron chi connectivity index (χ4n) is 7.66. The summed E-state index contributed by atoms with van der Waals surface area (Å²) in [6.07, 6.45) is 0.